The van der Waals surface area contributed by atoms with Gasteiger partial charge in [-0.05, 0) is 43.9 Å². The van der Waals surface area contributed by atoms with Gasteiger partial charge >= 0.3 is 0 Å². The van der Waals surface area contributed by atoms with Gasteiger partial charge in [-0.25, -0.2) is 0 Å². The van der Waals surface area contributed by atoms with Crippen molar-refractivity contribution in [1.82, 2.24) is 4.90 Å². The maximum Gasteiger partial charge on any atom is 0.223 e. The predicted molar refractivity (Wildman–Crippen MR) is 100 cm³/mol. The average molecular weight is 361 g/mol. The van der Waals surface area contributed by atoms with Crippen molar-refractivity contribution in [3.8, 4) is 11.5 Å². The number of piperidine rings is 1. The van der Waals surface area contributed by atoms with Crippen molar-refractivity contribution in [2.75, 3.05) is 20.8 Å². The van der Waals surface area contributed by atoms with Crippen molar-refractivity contribution in [2.24, 2.45) is 5.92 Å². The molecule has 1 aliphatic carbocycles. The maximum atomic E-state index is 12.9. The van der Waals surface area contributed by atoms with Crippen LogP contribution in [-0.2, 0) is 4.79 Å². The highest BCUT2D eigenvalue weighted by Gasteiger charge is 2.50. The van der Waals surface area contributed by atoms with Crippen LogP contribution in [0.2, 0.25) is 0 Å². The maximum absolute atomic E-state index is 12.9. The molecule has 5 heteroatoms. The third-order valence-electron chi connectivity index (χ3n) is 6.11. The normalized spacial score (nSPS) is 28.4. The molecule has 3 rings (SSSR count). The molecule has 0 spiro atoms. The van der Waals surface area contributed by atoms with Gasteiger partial charge < -0.3 is 19.5 Å². The van der Waals surface area contributed by atoms with Crippen LogP contribution in [0.25, 0.3) is 0 Å². The van der Waals surface area contributed by atoms with Crippen molar-refractivity contribution in [3.05, 3.63) is 23.8 Å². The van der Waals surface area contributed by atoms with Crippen LogP contribution in [0.4, 0.5) is 0 Å². The molecule has 1 saturated heterocycles. The van der Waals surface area contributed by atoms with Crippen molar-refractivity contribution < 1.29 is 19.4 Å². The van der Waals surface area contributed by atoms with E-state index in [1.54, 1.807) is 14.2 Å². The van der Waals surface area contributed by atoms with Crippen molar-refractivity contribution >= 4 is 5.91 Å². The molecule has 26 heavy (non-hydrogen) atoms. The highest BCUT2D eigenvalue weighted by atomic mass is 16.5. The number of carbonyl (C=O) groups is 1. The number of likely N-dealkylation sites (tertiary alicyclic amines) is 1. The molecule has 1 aliphatic heterocycles. The van der Waals surface area contributed by atoms with Crippen molar-refractivity contribution in [2.45, 2.75) is 63.5 Å². The number of amides is 1. The number of benzene rings is 1. The van der Waals surface area contributed by atoms with E-state index >= 15 is 0 Å². The number of hydrogen-bond acceptors (Lipinski definition) is 4. The van der Waals surface area contributed by atoms with Crippen LogP contribution in [0.15, 0.2) is 18.2 Å². The second kappa shape index (κ2) is 7.87. The topological polar surface area (TPSA) is 59.0 Å². The molecule has 144 valence electrons. The molecule has 0 aromatic heterocycles. The van der Waals surface area contributed by atoms with Crippen LogP contribution >= 0.6 is 0 Å². The molecular formula is C21H31NO4. The van der Waals surface area contributed by atoms with E-state index in [0.29, 0.717) is 19.4 Å². The van der Waals surface area contributed by atoms with Gasteiger partial charge in [0.15, 0.2) is 0 Å². The van der Waals surface area contributed by atoms with Crippen molar-refractivity contribution in [3.63, 3.8) is 0 Å². The minimum absolute atomic E-state index is 0.0341. The minimum Gasteiger partial charge on any atom is -0.497 e. The molecule has 5 nitrogen and oxygen atoms in total. The zero-order chi connectivity index (χ0) is 18.7. The van der Waals surface area contributed by atoms with Crippen LogP contribution in [0.3, 0.4) is 0 Å². The molecule has 0 radical (unpaired) electrons. The van der Waals surface area contributed by atoms with E-state index in [0.717, 1.165) is 49.2 Å². The zero-order valence-electron chi connectivity index (χ0n) is 16.2. The Labute approximate surface area is 156 Å². The van der Waals surface area contributed by atoms with Crippen LogP contribution < -0.4 is 9.47 Å². The molecule has 3 atom stereocenters. The second-order valence-corrected chi connectivity index (χ2v) is 7.60. The molecule has 1 saturated carbocycles. The summed E-state index contributed by atoms with van der Waals surface area (Å²) in [5.74, 6) is 1.69. The minimum atomic E-state index is -0.694. The van der Waals surface area contributed by atoms with Crippen LogP contribution in [0, 0.1) is 5.92 Å². The highest BCUT2D eigenvalue weighted by molar-refractivity contribution is 5.77. The summed E-state index contributed by atoms with van der Waals surface area (Å²) < 4.78 is 11.1. The number of ether oxygens (including phenoxy) is 2. The number of nitrogens with zero attached hydrogens (tertiary/aromatic N) is 1. The fourth-order valence-corrected chi connectivity index (χ4v) is 4.77. The molecule has 1 aromatic rings. The summed E-state index contributed by atoms with van der Waals surface area (Å²) in [6.45, 7) is 2.62. The van der Waals surface area contributed by atoms with E-state index in [9.17, 15) is 9.90 Å². The first-order chi connectivity index (χ1) is 12.5. The molecule has 1 heterocycles. The molecule has 1 N–H and O–H groups in total. The first-order valence-electron chi connectivity index (χ1n) is 9.78. The lowest BCUT2D eigenvalue weighted by molar-refractivity contribution is -0.155. The lowest BCUT2D eigenvalue weighted by atomic mass is 9.66. The Balaban J connectivity index is 2.08. The van der Waals surface area contributed by atoms with E-state index in [1.165, 1.54) is 0 Å². The standard InChI is InChI=1S/C21H31NO4/c1-4-7-19(23)22-13-12-21(24)11-6-5-8-17(21)20(22)16-14-15(25-2)9-10-18(16)26-3/h9-10,14,17,20,24H,4-8,11-13H2,1-3H3. The fourth-order valence-electron chi connectivity index (χ4n) is 4.77. The van der Waals surface area contributed by atoms with Crippen LogP contribution in [-0.4, -0.2) is 42.3 Å². The number of aliphatic hydroxyl groups is 1. The summed E-state index contributed by atoms with van der Waals surface area (Å²) in [5.41, 5.74) is 0.251. The molecular weight excluding hydrogens is 330 g/mol. The smallest absolute Gasteiger partial charge is 0.223 e. The molecule has 3 unspecified atom stereocenters. The number of fused-ring (bicyclic) bond motifs is 1. The van der Waals surface area contributed by atoms with Crippen molar-refractivity contribution in [1.29, 1.82) is 0 Å². The third-order valence-corrected chi connectivity index (χ3v) is 6.11. The van der Waals surface area contributed by atoms with Gasteiger partial charge in [-0.1, -0.05) is 19.8 Å². The summed E-state index contributed by atoms with van der Waals surface area (Å²) in [5, 5.41) is 11.3. The summed E-state index contributed by atoms with van der Waals surface area (Å²) in [4.78, 5) is 14.9. The number of hydrogen-bond donors (Lipinski definition) is 1. The lowest BCUT2D eigenvalue weighted by Gasteiger charge is -2.52. The Kier molecular flexibility index (Phi) is 5.76. The number of carbonyl (C=O) groups excluding carboxylic acids is 1. The van der Waals surface area contributed by atoms with E-state index in [-0.39, 0.29) is 17.9 Å². The second-order valence-electron chi connectivity index (χ2n) is 7.60. The van der Waals surface area contributed by atoms with Gasteiger partial charge in [0.2, 0.25) is 5.91 Å². The Bertz CT molecular complexity index is 647. The Morgan fingerprint density at radius 3 is 2.77 bits per heavy atom. The fraction of sp³-hybridized carbons (Fsp3) is 0.667. The highest BCUT2D eigenvalue weighted by Crippen LogP contribution is 2.51. The lowest BCUT2D eigenvalue weighted by Crippen LogP contribution is -2.56. The SMILES string of the molecule is CCCC(=O)N1CCC2(O)CCCCC2C1c1cc(OC)ccc1OC. The third kappa shape index (κ3) is 3.41. The van der Waals surface area contributed by atoms with Crippen LogP contribution in [0.1, 0.15) is 63.5 Å². The average Bonchev–Trinajstić information content (AvgIpc) is 2.66. The van der Waals surface area contributed by atoms with E-state index in [1.807, 2.05) is 30.0 Å². The first-order valence-corrected chi connectivity index (χ1v) is 9.78. The molecule has 1 aromatic carbocycles. The van der Waals surface area contributed by atoms with Gasteiger partial charge in [-0.3, -0.25) is 4.79 Å². The van der Waals surface area contributed by atoms with Gasteiger partial charge in [0.1, 0.15) is 11.5 Å². The van der Waals surface area contributed by atoms with Gasteiger partial charge in [0.05, 0.1) is 25.9 Å². The number of methoxy groups -OCH3 is 2. The Morgan fingerprint density at radius 1 is 1.27 bits per heavy atom. The Hall–Kier alpha value is -1.75. The summed E-state index contributed by atoms with van der Waals surface area (Å²) >= 11 is 0. The number of rotatable bonds is 5. The molecule has 0 bridgehead atoms. The molecule has 2 aliphatic rings. The zero-order valence-corrected chi connectivity index (χ0v) is 16.2. The largest absolute Gasteiger partial charge is 0.497 e. The summed E-state index contributed by atoms with van der Waals surface area (Å²) in [6, 6.07) is 5.57. The predicted octanol–water partition coefficient (Wildman–Crippen LogP) is 3.70. The summed E-state index contributed by atoms with van der Waals surface area (Å²) in [7, 11) is 3.29. The van der Waals surface area contributed by atoms with Gasteiger partial charge in [-0.15, -0.1) is 0 Å². The van der Waals surface area contributed by atoms with E-state index < -0.39 is 5.60 Å². The van der Waals surface area contributed by atoms with Crippen LogP contribution in [0.5, 0.6) is 11.5 Å². The van der Waals surface area contributed by atoms with E-state index in [2.05, 4.69) is 0 Å². The molecule has 1 amide bonds. The van der Waals surface area contributed by atoms with Gasteiger partial charge in [0.25, 0.3) is 0 Å². The quantitative estimate of drug-likeness (QED) is 0.869. The van der Waals surface area contributed by atoms with E-state index in [4.69, 9.17) is 9.47 Å². The first kappa shape index (κ1) is 19.0. The molecule has 2 fully saturated rings. The van der Waals surface area contributed by atoms with Gasteiger partial charge in [0, 0.05) is 24.4 Å². The van der Waals surface area contributed by atoms with Gasteiger partial charge in [-0.2, -0.15) is 0 Å². The summed E-state index contributed by atoms with van der Waals surface area (Å²) in [6.07, 6.45) is 5.91. The monoisotopic (exact) mass is 361 g/mol. The Morgan fingerprint density at radius 2 is 2.08 bits per heavy atom.